The van der Waals surface area contributed by atoms with Gasteiger partial charge in [-0.05, 0) is 45.3 Å². The average Bonchev–Trinajstić information content (AvgIpc) is 2.70. The number of ether oxygens (including phenoxy) is 3. The van der Waals surface area contributed by atoms with Gasteiger partial charge in [-0.1, -0.05) is 18.2 Å². The molecule has 0 unspecified atom stereocenters. The highest BCUT2D eigenvalue weighted by atomic mass is 16.7. The number of aliphatic hydroxyl groups is 1. The van der Waals surface area contributed by atoms with Crippen LogP contribution >= 0.6 is 0 Å². The fourth-order valence-electron chi connectivity index (χ4n) is 4.11. The Labute approximate surface area is 185 Å². The predicted molar refractivity (Wildman–Crippen MR) is 110 cm³/mol. The van der Waals surface area contributed by atoms with Crippen molar-refractivity contribution in [3.63, 3.8) is 0 Å². The van der Waals surface area contributed by atoms with Gasteiger partial charge >= 0.3 is 11.9 Å². The summed E-state index contributed by atoms with van der Waals surface area (Å²) in [5.41, 5.74) is -1.71. The van der Waals surface area contributed by atoms with Crippen LogP contribution < -0.4 is 0 Å². The van der Waals surface area contributed by atoms with Crippen LogP contribution in [0, 0.1) is 5.92 Å². The van der Waals surface area contributed by atoms with Gasteiger partial charge in [0.15, 0.2) is 0 Å². The van der Waals surface area contributed by atoms with Gasteiger partial charge in [-0.25, -0.2) is 4.79 Å². The van der Waals surface area contributed by atoms with Gasteiger partial charge in [0.25, 0.3) is 0 Å². The van der Waals surface area contributed by atoms with E-state index >= 15 is 0 Å². The number of ketones is 2. The summed E-state index contributed by atoms with van der Waals surface area (Å²) < 4.78 is 16.9. The van der Waals surface area contributed by atoms with Crippen molar-refractivity contribution < 1.29 is 43.6 Å². The van der Waals surface area contributed by atoms with Gasteiger partial charge in [-0.2, -0.15) is 0 Å². The van der Waals surface area contributed by atoms with Crippen molar-refractivity contribution in [2.24, 2.45) is 5.92 Å². The number of carbonyl (C=O) groups excluding carboxylic acids is 3. The van der Waals surface area contributed by atoms with E-state index in [0.29, 0.717) is 12.8 Å². The third kappa shape index (κ3) is 3.93. The summed E-state index contributed by atoms with van der Waals surface area (Å²) in [5, 5.41) is 19.9. The number of allylic oxidation sites excluding steroid dienone is 2. The number of carboxylic acid groups (broad SMARTS) is 1. The molecule has 2 N–H and O–H groups in total. The third-order valence-electron chi connectivity index (χ3n) is 5.91. The molecule has 1 spiro atoms. The fraction of sp³-hybridized carbons (Fsp3) is 0.478. The zero-order valence-electron chi connectivity index (χ0n) is 18.3. The average molecular weight is 446 g/mol. The van der Waals surface area contributed by atoms with Crippen molar-refractivity contribution in [1.82, 2.24) is 0 Å². The predicted octanol–water partition coefficient (Wildman–Crippen LogP) is 1.76. The van der Waals surface area contributed by atoms with Crippen molar-refractivity contribution >= 4 is 23.5 Å². The Balaban J connectivity index is 2.13. The number of aliphatic carboxylic acids is 1. The summed E-state index contributed by atoms with van der Waals surface area (Å²) >= 11 is 0. The van der Waals surface area contributed by atoms with Crippen LogP contribution in [0.25, 0.3) is 0 Å². The van der Waals surface area contributed by atoms with E-state index in [0.717, 1.165) is 13.2 Å². The van der Waals surface area contributed by atoms with Crippen molar-refractivity contribution in [1.29, 1.82) is 0 Å². The number of carbonyl (C=O) groups is 4. The van der Waals surface area contributed by atoms with Crippen molar-refractivity contribution in [3.8, 4) is 0 Å². The third-order valence-corrected chi connectivity index (χ3v) is 5.91. The monoisotopic (exact) mass is 446 g/mol. The highest BCUT2D eigenvalue weighted by Crippen LogP contribution is 2.48. The molecule has 2 aliphatic heterocycles. The van der Waals surface area contributed by atoms with Crippen LogP contribution in [-0.4, -0.2) is 57.3 Å². The maximum Gasteiger partial charge on any atom is 0.331 e. The smallest absolute Gasteiger partial charge is 0.331 e. The summed E-state index contributed by atoms with van der Waals surface area (Å²) in [6.45, 7) is 5.54. The lowest BCUT2D eigenvalue weighted by molar-refractivity contribution is -0.314. The topological polar surface area (TPSA) is 136 Å². The number of hydrogen-bond acceptors (Lipinski definition) is 8. The zero-order valence-corrected chi connectivity index (χ0v) is 18.3. The summed E-state index contributed by atoms with van der Waals surface area (Å²) in [5.74, 6) is -5.88. The van der Waals surface area contributed by atoms with E-state index in [1.807, 2.05) is 6.92 Å². The van der Waals surface area contributed by atoms with Gasteiger partial charge in [-0.15, -0.1) is 0 Å². The van der Waals surface area contributed by atoms with Crippen molar-refractivity contribution in [2.45, 2.75) is 64.1 Å². The van der Waals surface area contributed by atoms with E-state index in [2.05, 4.69) is 0 Å². The second-order valence-corrected chi connectivity index (χ2v) is 8.33. The first-order valence-electron chi connectivity index (χ1n) is 10.3. The SMILES string of the molecule is CC(=O)O[C@@]1(C)C(=O)C=C2C(=CO[C@@]3(O[C@H](C)CC[C@H]3O)[C@@H]2/C=C/C=C(\C)C(=O)O)C1=O. The van der Waals surface area contributed by atoms with E-state index in [9.17, 15) is 24.3 Å². The number of rotatable bonds is 4. The molecular weight excluding hydrogens is 420 g/mol. The van der Waals surface area contributed by atoms with Crippen molar-refractivity contribution in [3.05, 3.63) is 47.3 Å². The Morgan fingerprint density at radius 3 is 2.56 bits per heavy atom. The number of Topliss-reactive ketones (excluding diaryl/α,β-unsaturated/α-hetero) is 1. The van der Waals surface area contributed by atoms with Crippen LogP contribution in [0.5, 0.6) is 0 Å². The molecule has 9 heteroatoms. The van der Waals surface area contributed by atoms with E-state index < -0.39 is 46.9 Å². The molecule has 3 rings (SSSR count). The van der Waals surface area contributed by atoms with Crippen LogP contribution in [0.3, 0.4) is 0 Å². The molecule has 32 heavy (non-hydrogen) atoms. The fourth-order valence-corrected chi connectivity index (χ4v) is 4.11. The highest BCUT2D eigenvalue weighted by molar-refractivity contribution is 6.26. The van der Waals surface area contributed by atoms with E-state index in [4.69, 9.17) is 19.3 Å². The zero-order chi connectivity index (χ0) is 23.8. The number of esters is 1. The lowest BCUT2D eigenvalue weighted by atomic mass is 9.71. The lowest BCUT2D eigenvalue weighted by Gasteiger charge is -2.50. The minimum atomic E-state index is -2.03. The summed E-state index contributed by atoms with van der Waals surface area (Å²) in [6, 6.07) is 0. The molecule has 1 aliphatic carbocycles. The van der Waals surface area contributed by atoms with Gasteiger partial charge in [0.1, 0.15) is 6.10 Å². The Morgan fingerprint density at radius 2 is 1.94 bits per heavy atom. The standard InChI is InChI=1S/C23H26O9/c1-12(21(28)29)6-5-7-17-15-10-19(26)22(4,32-14(3)24)20(27)16(15)11-30-23(17)18(25)9-8-13(2)31-23/h5-7,10-11,13,17-18,25H,8-9H2,1-4H3,(H,28,29)/b7-5+,12-6+/t13-,17-,18-,22+,23-/m1/s1. The number of fused-ring (bicyclic) bond motifs is 1. The molecule has 1 fully saturated rings. The Bertz CT molecular complexity index is 985. The molecule has 0 aromatic rings. The molecule has 3 aliphatic rings. The quantitative estimate of drug-likeness (QED) is 0.286. The first kappa shape index (κ1) is 23.6. The molecule has 0 aromatic heterocycles. The maximum atomic E-state index is 13.2. The molecular formula is C23H26O9. The molecule has 172 valence electrons. The van der Waals surface area contributed by atoms with E-state index in [1.165, 1.54) is 38.2 Å². The Hall–Kier alpha value is -3.04. The minimum Gasteiger partial charge on any atom is -0.478 e. The number of hydrogen-bond donors (Lipinski definition) is 2. The van der Waals surface area contributed by atoms with Gasteiger partial charge in [0.05, 0.1) is 23.9 Å². The van der Waals surface area contributed by atoms with Crippen molar-refractivity contribution in [2.75, 3.05) is 0 Å². The summed E-state index contributed by atoms with van der Waals surface area (Å²) in [7, 11) is 0. The second kappa shape index (κ2) is 8.48. The van der Waals surface area contributed by atoms with Gasteiger partial charge in [0, 0.05) is 12.5 Å². The number of aliphatic hydroxyl groups excluding tert-OH is 1. The summed E-state index contributed by atoms with van der Waals surface area (Å²) in [4.78, 5) is 48.6. The largest absolute Gasteiger partial charge is 0.478 e. The van der Waals surface area contributed by atoms with Crippen LogP contribution in [-0.2, 0) is 33.4 Å². The Kier molecular flexibility index (Phi) is 6.26. The second-order valence-electron chi connectivity index (χ2n) is 8.33. The molecule has 0 amide bonds. The molecule has 0 bridgehead atoms. The summed E-state index contributed by atoms with van der Waals surface area (Å²) in [6.07, 6.45) is 6.24. The highest BCUT2D eigenvalue weighted by Gasteiger charge is 2.59. The molecule has 1 saturated heterocycles. The Morgan fingerprint density at radius 1 is 1.25 bits per heavy atom. The molecule has 0 radical (unpaired) electrons. The maximum absolute atomic E-state index is 13.2. The van der Waals surface area contributed by atoms with Crippen LogP contribution in [0.2, 0.25) is 0 Å². The lowest BCUT2D eigenvalue weighted by Crippen LogP contribution is -2.60. The molecule has 5 atom stereocenters. The van der Waals surface area contributed by atoms with Crippen LogP contribution in [0.1, 0.15) is 40.5 Å². The molecule has 0 saturated carbocycles. The first-order chi connectivity index (χ1) is 14.9. The van der Waals surface area contributed by atoms with E-state index in [-0.39, 0.29) is 22.8 Å². The molecule has 0 aromatic carbocycles. The normalized spacial score (nSPS) is 35.2. The van der Waals surface area contributed by atoms with Gasteiger partial charge in [0.2, 0.25) is 23.0 Å². The number of carboxylic acids is 1. The van der Waals surface area contributed by atoms with E-state index in [1.54, 1.807) is 0 Å². The minimum absolute atomic E-state index is 0.0154. The van der Waals surface area contributed by atoms with Gasteiger partial charge in [-0.3, -0.25) is 14.4 Å². The van der Waals surface area contributed by atoms with Crippen LogP contribution in [0.15, 0.2) is 47.3 Å². The first-order valence-corrected chi connectivity index (χ1v) is 10.3. The van der Waals surface area contributed by atoms with Gasteiger partial charge < -0.3 is 24.4 Å². The molecule has 2 heterocycles. The molecule has 9 nitrogen and oxygen atoms in total. The van der Waals surface area contributed by atoms with Crippen LogP contribution in [0.4, 0.5) is 0 Å².